The lowest BCUT2D eigenvalue weighted by Gasteiger charge is -2.22. The Morgan fingerprint density at radius 1 is 1.25 bits per heavy atom. The van der Waals surface area contributed by atoms with E-state index in [-0.39, 0.29) is 30.7 Å². The molecule has 2 unspecified atom stereocenters. The number of aryl methyl sites for hydroxylation is 1. The van der Waals surface area contributed by atoms with Gasteiger partial charge in [-0.15, -0.1) is 35.0 Å². The quantitative estimate of drug-likeness (QED) is 0.707. The van der Waals surface area contributed by atoms with Crippen molar-refractivity contribution in [1.29, 1.82) is 0 Å². The molecule has 1 aliphatic carbocycles. The molecule has 9 heteroatoms. The molecule has 2 aromatic rings. The predicted molar refractivity (Wildman–Crippen MR) is 116 cm³/mol. The maximum Gasteiger partial charge on any atom is 0.257 e. The lowest BCUT2D eigenvalue weighted by Crippen LogP contribution is -2.29. The smallest absolute Gasteiger partial charge is 0.257 e. The van der Waals surface area contributed by atoms with Gasteiger partial charge in [-0.1, -0.05) is 23.5 Å². The summed E-state index contributed by atoms with van der Waals surface area (Å²) in [5, 5.41) is 15.8. The summed E-state index contributed by atoms with van der Waals surface area (Å²) < 4.78 is 5.42. The molecule has 0 bridgehead atoms. The van der Waals surface area contributed by atoms with Gasteiger partial charge in [0.15, 0.2) is 0 Å². The van der Waals surface area contributed by atoms with Crippen molar-refractivity contribution in [2.75, 3.05) is 25.1 Å². The predicted octanol–water partition coefficient (Wildman–Crippen LogP) is 3.81. The Bertz CT molecular complexity index is 783. The number of amides is 1. The third-order valence-corrected chi connectivity index (χ3v) is 5.88. The van der Waals surface area contributed by atoms with Gasteiger partial charge in [-0.2, -0.15) is 0 Å². The van der Waals surface area contributed by atoms with Gasteiger partial charge >= 0.3 is 0 Å². The van der Waals surface area contributed by atoms with Crippen molar-refractivity contribution < 1.29 is 9.53 Å². The maximum absolute atomic E-state index is 12.4. The standard InChI is InChI=1S/C19H24N4O2S.2ClH/c1-12-22-23-19(26-12)21-18(24)15-4-2-3-14(9-15)16-10-17(16)20-11-13-5-7-25-8-6-13;;/h2-4,9,13,16-17,20H,5-8,10-11H2,1H3,(H,21,23,24);2*1H. The number of hydrogen-bond donors (Lipinski definition) is 2. The molecular weight excluding hydrogens is 419 g/mol. The van der Waals surface area contributed by atoms with E-state index in [2.05, 4.69) is 26.9 Å². The number of rotatable bonds is 6. The van der Waals surface area contributed by atoms with Gasteiger partial charge in [-0.25, -0.2) is 0 Å². The molecule has 1 aliphatic heterocycles. The normalized spacial score (nSPS) is 21.3. The van der Waals surface area contributed by atoms with Gasteiger partial charge in [0.1, 0.15) is 5.01 Å². The SMILES string of the molecule is Cc1nnc(NC(=O)c2cccc(C3CC3NCC3CCOCC3)c2)s1.Cl.Cl. The summed E-state index contributed by atoms with van der Waals surface area (Å²) >= 11 is 1.38. The second-order valence-electron chi connectivity index (χ2n) is 7.12. The fraction of sp³-hybridized carbons (Fsp3) is 0.526. The van der Waals surface area contributed by atoms with Gasteiger partial charge in [-0.3, -0.25) is 10.1 Å². The van der Waals surface area contributed by atoms with Crippen LogP contribution in [0, 0.1) is 12.8 Å². The highest BCUT2D eigenvalue weighted by atomic mass is 35.5. The maximum atomic E-state index is 12.4. The van der Waals surface area contributed by atoms with E-state index >= 15 is 0 Å². The molecular formula is C19H26Cl2N4O2S. The number of hydrogen-bond acceptors (Lipinski definition) is 6. The van der Waals surface area contributed by atoms with Crippen LogP contribution in [-0.4, -0.2) is 41.9 Å². The number of nitrogens with zero attached hydrogens (tertiary/aromatic N) is 2. The molecule has 1 aromatic carbocycles. The number of benzene rings is 1. The van der Waals surface area contributed by atoms with E-state index in [1.54, 1.807) is 0 Å². The highest BCUT2D eigenvalue weighted by Crippen LogP contribution is 2.41. The molecule has 2 N–H and O–H groups in total. The van der Waals surface area contributed by atoms with Crippen molar-refractivity contribution in [1.82, 2.24) is 15.5 Å². The van der Waals surface area contributed by atoms with Crippen molar-refractivity contribution >= 4 is 47.2 Å². The topological polar surface area (TPSA) is 76.1 Å². The highest BCUT2D eigenvalue weighted by Gasteiger charge is 2.38. The van der Waals surface area contributed by atoms with Crippen LogP contribution in [0.1, 0.15) is 46.1 Å². The Morgan fingerprint density at radius 2 is 2.04 bits per heavy atom. The van der Waals surface area contributed by atoms with Crippen LogP contribution in [0.2, 0.25) is 0 Å². The summed E-state index contributed by atoms with van der Waals surface area (Å²) in [7, 11) is 0. The third-order valence-electron chi connectivity index (χ3n) is 5.12. The summed E-state index contributed by atoms with van der Waals surface area (Å²) in [5.41, 5.74) is 1.90. The first-order valence-corrected chi connectivity index (χ1v) is 10.0. The van der Waals surface area contributed by atoms with Gasteiger partial charge in [0, 0.05) is 30.7 Å². The number of carbonyl (C=O) groups is 1. The van der Waals surface area contributed by atoms with Gasteiger partial charge in [-0.05, 0) is 56.3 Å². The summed E-state index contributed by atoms with van der Waals surface area (Å²) in [6.45, 7) is 4.73. The molecule has 0 radical (unpaired) electrons. The van der Waals surface area contributed by atoms with E-state index in [4.69, 9.17) is 4.74 Å². The van der Waals surface area contributed by atoms with Crippen LogP contribution in [0.25, 0.3) is 0 Å². The molecule has 1 aromatic heterocycles. The lowest BCUT2D eigenvalue weighted by molar-refractivity contribution is 0.0662. The lowest BCUT2D eigenvalue weighted by atomic mass is 10.0. The summed E-state index contributed by atoms with van der Waals surface area (Å²) in [6, 6.07) is 8.46. The summed E-state index contributed by atoms with van der Waals surface area (Å²) in [6.07, 6.45) is 3.46. The van der Waals surface area contributed by atoms with E-state index < -0.39 is 0 Å². The van der Waals surface area contributed by atoms with Gasteiger partial charge < -0.3 is 10.1 Å². The van der Waals surface area contributed by atoms with Crippen LogP contribution in [0.15, 0.2) is 24.3 Å². The molecule has 1 saturated heterocycles. The zero-order valence-corrected chi connectivity index (χ0v) is 18.2. The molecule has 0 spiro atoms. The molecule has 2 aliphatic rings. The van der Waals surface area contributed by atoms with Crippen LogP contribution >= 0.6 is 36.2 Å². The Balaban J connectivity index is 0.00000140. The first-order valence-electron chi connectivity index (χ1n) is 9.21. The van der Waals surface area contributed by atoms with Crippen LogP contribution in [0.5, 0.6) is 0 Å². The summed E-state index contributed by atoms with van der Waals surface area (Å²) in [5.74, 6) is 1.11. The van der Waals surface area contributed by atoms with Crippen molar-refractivity contribution in [2.24, 2.45) is 5.92 Å². The average Bonchev–Trinajstić information content (AvgIpc) is 3.34. The van der Waals surface area contributed by atoms with E-state index in [9.17, 15) is 4.79 Å². The number of carbonyl (C=O) groups excluding carboxylic acids is 1. The zero-order chi connectivity index (χ0) is 17.9. The molecule has 28 heavy (non-hydrogen) atoms. The molecule has 2 fully saturated rings. The molecule has 4 rings (SSSR count). The fourth-order valence-electron chi connectivity index (χ4n) is 3.48. The minimum Gasteiger partial charge on any atom is -0.381 e. The first-order chi connectivity index (χ1) is 12.7. The Labute approximate surface area is 181 Å². The highest BCUT2D eigenvalue weighted by molar-refractivity contribution is 7.15. The van der Waals surface area contributed by atoms with Gasteiger partial charge in [0.05, 0.1) is 0 Å². The largest absolute Gasteiger partial charge is 0.381 e. The molecule has 6 nitrogen and oxygen atoms in total. The van der Waals surface area contributed by atoms with Crippen LogP contribution < -0.4 is 10.6 Å². The third kappa shape index (κ3) is 5.87. The van der Waals surface area contributed by atoms with Crippen molar-refractivity contribution in [3.05, 3.63) is 40.4 Å². The second kappa shape index (κ2) is 10.5. The number of aromatic nitrogens is 2. The van der Waals surface area contributed by atoms with Gasteiger partial charge in [0.25, 0.3) is 5.91 Å². The van der Waals surface area contributed by atoms with E-state index in [0.29, 0.717) is 22.7 Å². The van der Waals surface area contributed by atoms with Crippen molar-refractivity contribution in [3.63, 3.8) is 0 Å². The molecule has 2 atom stereocenters. The number of anilines is 1. The molecule has 1 amide bonds. The Kier molecular flexibility index (Phi) is 8.64. The second-order valence-corrected chi connectivity index (χ2v) is 8.30. The van der Waals surface area contributed by atoms with E-state index in [0.717, 1.165) is 49.9 Å². The monoisotopic (exact) mass is 444 g/mol. The molecule has 154 valence electrons. The zero-order valence-electron chi connectivity index (χ0n) is 15.7. The Hall–Kier alpha value is -1.25. The van der Waals surface area contributed by atoms with Gasteiger partial charge in [0.2, 0.25) is 5.13 Å². The van der Waals surface area contributed by atoms with Crippen LogP contribution in [0.4, 0.5) is 5.13 Å². The van der Waals surface area contributed by atoms with Crippen molar-refractivity contribution in [3.8, 4) is 0 Å². The number of halogens is 2. The minimum absolute atomic E-state index is 0. The fourth-order valence-corrected chi connectivity index (χ4v) is 4.07. The summed E-state index contributed by atoms with van der Waals surface area (Å²) in [4.78, 5) is 12.4. The van der Waals surface area contributed by atoms with Crippen LogP contribution in [-0.2, 0) is 4.74 Å². The average molecular weight is 445 g/mol. The van der Waals surface area contributed by atoms with Crippen molar-refractivity contribution in [2.45, 2.75) is 38.1 Å². The van der Waals surface area contributed by atoms with E-state index in [1.165, 1.54) is 16.9 Å². The number of ether oxygens (including phenoxy) is 1. The molecule has 2 heterocycles. The van der Waals surface area contributed by atoms with E-state index in [1.807, 2.05) is 25.1 Å². The minimum atomic E-state index is -0.129. The van der Waals surface area contributed by atoms with Crippen LogP contribution in [0.3, 0.4) is 0 Å². The molecule has 1 saturated carbocycles. The number of nitrogens with one attached hydrogen (secondary N) is 2. The first kappa shape index (κ1) is 23.0. The Morgan fingerprint density at radius 3 is 2.75 bits per heavy atom.